The van der Waals surface area contributed by atoms with E-state index in [-0.39, 0.29) is 11.2 Å². The van der Waals surface area contributed by atoms with E-state index in [2.05, 4.69) is 6.58 Å². The molecule has 1 heterocycles. The second-order valence-electron chi connectivity index (χ2n) is 3.60. The van der Waals surface area contributed by atoms with Crippen LogP contribution in [0.3, 0.4) is 0 Å². The van der Waals surface area contributed by atoms with Crippen LogP contribution in [0.1, 0.15) is 27.7 Å². The maximum atomic E-state index is 5.35. The van der Waals surface area contributed by atoms with Crippen molar-refractivity contribution in [3.63, 3.8) is 0 Å². The first-order valence-electron chi connectivity index (χ1n) is 3.42. The van der Waals surface area contributed by atoms with Crippen LogP contribution in [-0.4, -0.2) is 11.2 Å². The summed E-state index contributed by atoms with van der Waals surface area (Å²) >= 11 is 0. The summed E-state index contributed by atoms with van der Waals surface area (Å²) in [6.07, 6.45) is 0. The zero-order valence-corrected chi connectivity index (χ0v) is 7.02. The summed E-state index contributed by atoms with van der Waals surface area (Å²) in [7, 11) is 0. The minimum Gasteiger partial charge on any atom is -0.456 e. The van der Waals surface area contributed by atoms with E-state index >= 15 is 0 Å². The van der Waals surface area contributed by atoms with Gasteiger partial charge in [0.15, 0.2) is 0 Å². The van der Waals surface area contributed by atoms with Crippen LogP contribution >= 0.6 is 0 Å². The topological polar surface area (TPSA) is 18.5 Å². The first-order valence-corrected chi connectivity index (χ1v) is 3.42. The fraction of sp³-hybridized carbons (Fsp3) is 0.750. The molecule has 0 aromatic rings. The molecule has 1 fully saturated rings. The molecule has 1 aliphatic heterocycles. The Balaban J connectivity index is 2.88. The van der Waals surface area contributed by atoms with Crippen LogP contribution in [0.4, 0.5) is 0 Å². The molecule has 2 heteroatoms. The zero-order valence-electron chi connectivity index (χ0n) is 7.02. The molecule has 1 saturated heterocycles. The number of ether oxygens (including phenoxy) is 2. The minimum absolute atomic E-state index is 0.260. The molecule has 0 atom stereocenters. The van der Waals surface area contributed by atoms with Crippen LogP contribution in [0.5, 0.6) is 0 Å². The number of hydrogen-bond acceptors (Lipinski definition) is 2. The lowest BCUT2D eigenvalue weighted by molar-refractivity contribution is 0.00578. The van der Waals surface area contributed by atoms with Crippen molar-refractivity contribution < 1.29 is 9.47 Å². The van der Waals surface area contributed by atoms with Crippen molar-refractivity contribution in [2.45, 2.75) is 38.9 Å². The third-order valence-electron chi connectivity index (χ3n) is 2.19. The summed E-state index contributed by atoms with van der Waals surface area (Å²) in [5, 5.41) is 0. The lowest BCUT2D eigenvalue weighted by Crippen LogP contribution is -2.41. The van der Waals surface area contributed by atoms with Gasteiger partial charge in [-0.25, -0.2) is 0 Å². The van der Waals surface area contributed by atoms with Gasteiger partial charge in [0.1, 0.15) is 11.2 Å². The van der Waals surface area contributed by atoms with Crippen molar-refractivity contribution in [3.8, 4) is 0 Å². The van der Waals surface area contributed by atoms with E-state index in [0.717, 1.165) is 0 Å². The van der Waals surface area contributed by atoms with Gasteiger partial charge in [-0.1, -0.05) is 0 Å². The van der Waals surface area contributed by atoms with Gasteiger partial charge in [-0.15, -0.1) is 0 Å². The van der Waals surface area contributed by atoms with E-state index in [4.69, 9.17) is 9.47 Å². The van der Waals surface area contributed by atoms with E-state index in [1.165, 1.54) is 0 Å². The maximum Gasteiger partial charge on any atom is 0.272 e. The smallest absolute Gasteiger partial charge is 0.272 e. The van der Waals surface area contributed by atoms with Crippen LogP contribution in [0.15, 0.2) is 12.5 Å². The van der Waals surface area contributed by atoms with Gasteiger partial charge in [-0.3, -0.25) is 0 Å². The lowest BCUT2D eigenvalue weighted by Gasteiger charge is -2.28. The molecule has 0 amide bonds. The summed E-state index contributed by atoms with van der Waals surface area (Å²) in [4.78, 5) is 0. The summed E-state index contributed by atoms with van der Waals surface area (Å²) in [5.74, 6) is 0.426. The van der Waals surface area contributed by atoms with E-state index < -0.39 is 0 Å². The predicted molar refractivity (Wildman–Crippen MR) is 39.5 cm³/mol. The van der Waals surface area contributed by atoms with Crippen molar-refractivity contribution in [1.82, 2.24) is 0 Å². The Labute approximate surface area is 61.8 Å². The highest BCUT2D eigenvalue weighted by molar-refractivity contribution is 5.00. The molecule has 0 bridgehead atoms. The Hall–Kier alpha value is -0.660. The summed E-state index contributed by atoms with van der Waals surface area (Å²) in [5.41, 5.74) is -0.520. The molecule has 0 aliphatic carbocycles. The van der Waals surface area contributed by atoms with Gasteiger partial charge in [-0.05, 0) is 34.3 Å². The molecule has 10 heavy (non-hydrogen) atoms. The third kappa shape index (κ3) is 0.877. The van der Waals surface area contributed by atoms with Crippen LogP contribution in [0.25, 0.3) is 0 Å². The molecule has 0 spiro atoms. The average molecular weight is 142 g/mol. The minimum atomic E-state index is -0.260. The second kappa shape index (κ2) is 1.68. The van der Waals surface area contributed by atoms with Crippen LogP contribution in [0.2, 0.25) is 0 Å². The molecule has 1 rings (SSSR count). The van der Waals surface area contributed by atoms with Crippen LogP contribution in [-0.2, 0) is 9.47 Å². The van der Waals surface area contributed by atoms with Crippen molar-refractivity contribution >= 4 is 0 Å². The van der Waals surface area contributed by atoms with Crippen molar-refractivity contribution in [3.05, 3.63) is 12.5 Å². The Morgan fingerprint density at radius 3 is 1.40 bits per heavy atom. The molecular weight excluding hydrogens is 128 g/mol. The Kier molecular flexibility index (Phi) is 1.25. The monoisotopic (exact) mass is 142 g/mol. The SMILES string of the molecule is C=C1OC(C)(C)C(C)(C)O1. The number of hydrogen-bond donors (Lipinski definition) is 0. The molecule has 2 nitrogen and oxygen atoms in total. The van der Waals surface area contributed by atoms with Gasteiger partial charge in [0.25, 0.3) is 5.95 Å². The molecule has 0 aromatic heterocycles. The van der Waals surface area contributed by atoms with Gasteiger partial charge >= 0.3 is 0 Å². The Morgan fingerprint density at radius 1 is 1.00 bits per heavy atom. The van der Waals surface area contributed by atoms with Gasteiger partial charge < -0.3 is 9.47 Å². The van der Waals surface area contributed by atoms with Crippen LogP contribution in [0, 0.1) is 0 Å². The summed E-state index contributed by atoms with van der Waals surface area (Å²) in [6.45, 7) is 11.6. The van der Waals surface area contributed by atoms with E-state index in [9.17, 15) is 0 Å². The van der Waals surface area contributed by atoms with E-state index in [0.29, 0.717) is 5.95 Å². The largest absolute Gasteiger partial charge is 0.456 e. The maximum absolute atomic E-state index is 5.35. The standard InChI is InChI=1S/C8H14O2/c1-6-9-7(2,3)8(4,5)10-6/h1H2,2-5H3. The quantitative estimate of drug-likeness (QED) is 0.515. The molecule has 0 aromatic carbocycles. The molecule has 58 valence electrons. The first-order chi connectivity index (χ1) is 4.35. The van der Waals surface area contributed by atoms with Crippen molar-refractivity contribution in [2.75, 3.05) is 0 Å². The van der Waals surface area contributed by atoms with E-state index in [1.807, 2.05) is 27.7 Å². The van der Waals surface area contributed by atoms with Gasteiger partial charge in [0.2, 0.25) is 0 Å². The fourth-order valence-corrected chi connectivity index (χ4v) is 0.836. The summed E-state index contributed by atoms with van der Waals surface area (Å²) in [6, 6.07) is 0. The Bertz CT molecular complexity index is 150. The predicted octanol–water partition coefficient (Wildman–Crippen LogP) is 2.06. The molecule has 0 N–H and O–H groups in total. The van der Waals surface area contributed by atoms with Gasteiger partial charge in [-0.2, -0.15) is 0 Å². The zero-order chi connectivity index (χ0) is 7.99. The first kappa shape index (κ1) is 7.45. The highest BCUT2D eigenvalue weighted by Crippen LogP contribution is 2.39. The van der Waals surface area contributed by atoms with E-state index in [1.54, 1.807) is 0 Å². The molecule has 0 saturated carbocycles. The highest BCUT2D eigenvalue weighted by Gasteiger charge is 2.47. The highest BCUT2D eigenvalue weighted by atomic mass is 16.7. The lowest BCUT2D eigenvalue weighted by atomic mass is 9.90. The molecule has 0 unspecified atom stereocenters. The normalized spacial score (nSPS) is 27.4. The van der Waals surface area contributed by atoms with Gasteiger partial charge in [0.05, 0.1) is 0 Å². The van der Waals surface area contributed by atoms with Crippen LogP contribution < -0.4 is 0 Å². The molecular formula is C8H14O2. The number of rotatable bonds is 0. The second-order valence-corrected chi connectivity index (χ2v) is 3.60. The average Bonchev–Trinajstić information content (AvgIpc) is 1.73. The van der Waals surface area contributed by atoms with Crippen molar-refractivity contribution in [2.24, 2.45) is 0 Å². The molecule has 1 aliphatic rings. The fourth-order valence-electron chi connectivity index (χ4n) is 0.836. The summed E-state index contributed by atoms with van der Waals surface area (Å²) < 4.78 is 10.7. The third-order valence-corrected chi connectivity index (χ3v) is 2.19. The van der Waals surface area contributed by atoms with Gasteiger partial charge in [0, 0.05) is 0 Å². The van der Waals surface area contributed by atoms with Crippen molar-refractivity contribution in [1.29, 1.82) is 0 Å². The molecule has 0 radical (unpaired) electrons. The Morgan fingerprint density at radius 2 is 1.30 bits per heavy atom.